The van der Waals surface area contributed by atoms with Gasteiger partial charge >= 0.3 is 0 Å². The summed E-state index contributed by atoms with van der Waals surface area (Å²) >= 11 is 0. The molecule has 1 aromatic carbocycles. The lowest BCUT2D eigenvalue weighted by Gasteiger charge is -2.28. The highest BCUT2D eigenvalue weighted by atomic mass is 32.2. The van der Waals surface area contributed by atoms with Crippen LogP contribution in [0.1, 0.15) is 24.5 Å². The Balaban J connectivity index is 1.64. The number of aromatic amines is 1. The van der Waals surface area contributed by atoms with Crippen molar-refractivity contribution in [1.82, 2.24) is 9.97 Å². The zero-order chi connectivity index (χ0) is 21.1. The third-order valence-corrected chi connectivity index (χ3v) is 6.37. The number of nitrogens with one attached hydrogen (secondary N) is 2. The van der Waals surface area contributed by atoms with Crippen molar-refractivity contribution in [3.63, 3.8) is 0 Å². The first-order chi connectivity index (χ1) is 14.6. The van der Waals surface area contributed by atoms with Crippen molar-refractivity contribution in [3.05, 3.63) is 53.4 Å². The summed E-state index contributed by atoms with van der Waals surface area (Å²) in [6.45, 7) is 4.77. The number of rotatable bonds is 7. The minimum absolute atomic E-state index is 0.0464. The number of nitrogens with zero attached hydrogens (tertiary/aromatic N) is 2. The van der Waals surface area contributed by atoms with Gasteiger partial charge in [0, 0.05) is 42.4 Å². The van der Waals surface area contributed by atoms with E-state index in [0.29, 0.717) is 31.0 Å². The van der Waals surface area contributed by atoms with E-state index in [0.717, 1.165) is 29.7 Å². The van der Waals surface area contributed by atoms with Gasteiger partial charge < -0.3 is 19.3 Å². The van der Waals surface area contributed by atoms with Crippen LogP contribution in [0.3, 0.4) is 0 Å². The third-order valence-electron chi connectivity index (χ3n) is 5.15. The Morgan fingerprint density at radius 2 is 2.10 bits per heavy atom. The number of anilines is 2. The average Bonchev–Trinajstić information content (AvgIpc) is 3.16. The van der Waals surface area contributed by atoms with Crippen LogP contribution in [0.25, 0.3) is 11.0 Å². The van der Waals surface area contributed by atoms with Gasteiger partial charge in [0.05, 0.1) is 30.8 Å². The van der Waals surface area contributed by atoms with Crippen molar-refractivity contribution in [3.8, 4) is 0 Å². The molecule has 9 heteroatoms. The van der Waals surface area contributed by atoms with Crippen LogP contribution in [0.2, 0.25) is 0 Å². The number of morpholine rings is 1. The predicted octanol–water partition coefficient (Wildman–Crippen LogP) is 3.75. The highest BCUT2D eigenvalue weighted by Crippen LogP contribution is 2.29. The van der Waals surface area contributed by atoms with Crippen molar-refractivity contribution in [1.29, 1.82) is 0 Å². The van der Waals surface area contributed by atoms with Gasteiger partial charge in [0.2, 0.25) is 0 Å². The van der Waals surface area contributed by atoms with Crippen LogP contribution in [0.4, 0.5) is 20.2 Å². The highest BCUT2D eigenvalue weighted by Gasteiger charge is 2.18. The number of H-pyrrole nitrogens is 1. The number of benzene rings is 1. The van der Waals surface area contributed by atoms with Gasteiger partial charge in [-0.05, 0) is 30.2 Å². The summed E-state index contributed by atoms with van der Waals surface area (Å²) in [6.07, 6.45) is 4.28. The fraction of sp³-hybridized carbons (Fsp3) is 0.381. The second kappa shape index (κ2) is 9.09. The molecule has 0 amide bonds. The quantitative estimate of drug-likeness (QED) is 0.594. The smallest absolute Gasteiger partial charge is 0.153 e. The van der Waals surface area contributed by atoms with E-state index in [9.17, 15) is 8.60 Å². The number of pyridine rings is 1. The van der Waals surface area contributed by atoms with E-state index >= 15 is 4.39 Å². The molecule has 3 heterocycles. The molecule has 0 aliphatic carbocycles. The summed E-state index contributed by atoms with van der Waals surface area (Å²) in [7, 11) is -1.41. The van der Waals surface area contributed by atoms with Crippen LogP contribution in [0.15, 0.2) is 30.6 Å². The maximum atomic E-state index is 15.0. The van der Waals surface area contributed by atoms with Gasteiger partial charge in [0.15, 0.2) is 5.82 Å². The lowest BCUT2D eigenvalue weighted by atomic mass is 10.0. The Morgan fingerprint density at radius 1 is 1.30 bits per heavy atom. The molecule has 1 unspecified atom stereocenters. The monoisotopic (exact) mass is 434 g/mol. The van der Waals surface area contributed by atoms with Crippen LogP contribution < -0.4 is 9.62 Å². The summed E-state index contributed by atoms with van der Waals surface area (Å²) in [5.74, 6) is -0.957. The first-order valence-electron chi connectivity index (χ1n) is 9.97. The SMILES string of the molecule is CCCS(=O)Nc1ccc(F)c(Cc2c[nH]c3ncc(N4CCOCC4)cc23)c1F. The van der Waals surface area contributed by atoms with E-state index in [4.69, 9.17) is 4.74 Å². The Labute approximate surface area is 176 Å². The Morgan fingerprint density at radius 3 is 2.87 bits per heavy atom. The van der Waals surface area contributed by atoms with E-state index in [1.54, 1.807) is 12.4 Å². The van der Waals surface area contributed by atoms with Crippen molar-refractivity contribution < 1.29 is 17.7 Å². The minimum Gasteiger partial charge on any atom is -0.378 e. The molecule has 0 bridgehead atoms. The van der Waals surface area contributed by atoms with E-state index in [1.807, 2.05) is 13.0 Å². The zero-order valence-electron chi connectivity index (χ0n) is 16.7. The molecule has 160 valence electrons. The standard InChI is InChI=1S/C21H24F2N4O2S/c1-2-9-30(28)26-19-4-3-18(22)17(20(19)23)10-14-12-24-21-16(14)11-15(13-25-21)27-5-7-29-8-6-27/h3-4,11-13,26H,2,5-10H2,1H3,(H,24,25). The first-order valence-corrected chi connectivity index (χ1v) is 11.3. The molecule has 2 N–H and O–H groups in total. The lowest BCUT2D eigenvalue weighted by Crippen LogP contribution is -2.36. The number of aromatic nitrogens is 2. The summed E-state index contributed by atoms with van der Waals surface area (Å²) in [6, 6.07) is 4.49. The second-order valence-electron chi connectivity index (χ2n) is 7.22. The molecule has 3 aromatic rings. The minimum atomic E-state index is -1.41. The molecule has 1 aliphatic heterocycles. The average molecular weight is 435 g/mol. The Bertz CT molecular complexity index is 1070. The molecule has 1 fully saturated rings. The second-order valence-corrected chi connectivity index (χ2v) is 8.52. The fourth-order valence-corrected chi connectivity index (χ4v) is 4.45. The van der Waals surface area contributed by atoms with Gasteiger partial charge in [-0.25, -0.2) is 18.0 Å². The summed E-state index contributed by atoms with van der Waals surface area (Å²) in [5, 5.41) is 0.825. The van der Waals surface area contributed by atoms with Crippen molar-refractivity contribution in [2.45, 2.75) is 19.8 Å². The molecule has 0 saturated carbocycles. The van der Waals surface area contributed by atoms with Gasteiger partial charge in [0.1, 0.15) is 22.5 Å². The third kappa shape index (κ3) is 4.32. The van der Waals surface area contributed by atoms with Crippen LogP contribution in [-0.4, -0.2) is 46.2 Å². The van der Waals surface area contributed by atoms with E-state index in [2.05, 4.69) is 19.6 Å². The molecular formula is C21H24F2N4O2S. The number of fused-ring (bicyclic) bond motifs is 1. The lowest BCUT2D eigenvalue weighted by molar-refractivity contribution is 0.122. The van der Waals surface area contributed by atoms with Gasteiger partial charge in [-0.15, -0.1) is 0 Å². The first kappa shape index (κ1) is 20.7. The van der Waals surface area contributed by atoms with Gasteiger partial charge in [-0.1, -0.05) is 6.92 Å². The van der Waals surface area contributed by atoms with E-state index in [1.165, 1.54) is 12.1 Å². The molecule has 0 spiro atoms. The molecule has 6 nitrogen and oxygen atoms in total. The summed E-state index contributed by atoms with van der Waals surface area (Å²) in [4.78, 5) is 9.72. The van der Waals surface area contributed by atoms with E-state index in [-0.39, 0.29) is 17.7 Å². The predicted molar refractivity (Wildman–Crippen MR) is 115 cm³/mol. The number of hydrogen-bond acceptors (Lipinski definition) is 4. The number of hydrogen-bond donors (Lipinski definition) is 2. The zero-order valence-corrected chi connectivity index (χ0v) is 17.5. The van der Waals surface area contributed by atoms with Crippen LogP contribution in [0, 0.1) is 11.6 Å². The number of halogens is 2. The molecule has 1 atom stereocenters. The highest BCUT2D eigenvalue weighted by molar-refractivity contribution is 7.86. The van der Waals surface area contributed by atoms with Crippen LogP contribution in [0.5, 0.6) is 0 Å². The van der Waals surface area contributed by atoms with Crippen molar-refractivity contribution in [2.24, 2.45) is 0 Å². The Kier molecular flexibility index (Phi) is 6.29. The molecule has 0 radical (unpaired) electrons. The molecule has 4 rings (SSSR count). The molecular weight excluding hydrogens is 410 g/mol. The normalized spacial score (nSPS) is 15.5. The van der Waals surface area contributed by atoms with Gasteiger partial charge in [0.25, 0.3) is 0 Å². The fourth-order valence-electron chi connectivity index (χ4n) is 3.58. The summed E-state index contributed by atoms with van der Waals surface area (Å²) in [5.41, 5.74) is 2.35. The summed E-state index contributed by atoms with van der Waals surface area (Å²) < 4.78 is 49.5. The molecule has 1 aliphatic rings. The van der Waals surface area contributed by atoms with E-state index < -0.39 is 22.6 Å². The molecule has 2 aromatic heterocycles. The van der Waals surface area contributed by atoms with Crippen LogP contribution >= 0.6 is 0 Å². The Hall–Kier alpha value is -2.52. The number of ether oxygens (including phenoxy) is 1. The van der Waals surface area contributed by atoms with Gasteiger partial charge in [-0.3, -0.25) is 0 Å². The topological polar surface area (TPSA) is 70.2 Å². The maximum Gasteiger partial charge on any atom is 0.153 e. The van der Waals surface area contributed by atoms with Crippen LogP contribution in [-0.2, 0) is 22.1 Å². The molecule has 30 heavy (non-hydrogen) atoms. The van der Waals surface area contributed by atoms with Crippen molar-refractivity contribution >= 4 is 33.4 Å². The largest absolute Gasteiger partial charge is 0.378 e. The van der Waals surface area contributed by atoms with Gasteiger partial charge in [-0.2, -0.15) is 0 Å². The maximum absolute atomic E-state index is 15.0. The molecule has 1 saturated heterocycles. The van der Waals surface area contributed by atoms with Crippen molar-refractivity contribution in [2.75, 3.05) is 41.7 Å².